The summed E-state index contributed by atoms with van der Waals surface area (Å²) in [5.74, 6) is -7.51. The van der Waals surface area contributed by atoms with E-state index in [-0.39, 0.29) is 15.8 Å². The highest BCUT2D eigenvalue weighted by Crippen LogP contribution is 2.44. The van der Waals surface area contributed by atoms with Gasteiger partial charge in [0.1, 0.15) is 5.75 Å². The fraction of sp³-hybridized carbons (Fsp3) is 0.333. The van der Waals surface area contributed by atoms with Crippen molar-refractivity contribution in [2.24, 2.45) is 5.10 Å². The lowest BCUT2D eigenvalue weighted by atomic mass is 10.2. The Balaban J connectivity index is 2.82. The second-order valence-corrected chi connectivity index (χ2v) is 5.24. The van der Waals surface area contributed by atoms with Gasteiger partial charge < -0.3 is 9.84 Å². The summed E-state index contributed by atoms with van der Waals surface area (Å²) >= 11 is 2.97. The summed E-state index contributed by atoms with van der Waals surface area (Å²) in [7, 11) is 0. The zero-order valence-electron chi connectivity index (χ0n) is 11.8. The van der Waals surface area contributed by atoms with Crippen LogP contribution in [0, 0.1) is 0 Å². The van der Waals surface area contributed by atoms with Crippen LogP contribution in [0.5, 0.6) is 5.75 Å². The molecule has 1 rings (SSSR count). The van der Waals surface area contributed by atoms with Gasteiger partial charge in [0.2, 0.25) is 0 Å². The van der Waals surface area contributed by atoms with E-state index < -0.39 is 30.7 Å². The van der Waals surface area contributed by atoms with E-state index in [2.05, 4.69) is 21.0 Å². The van der Waals surface area contributed by atoms with Crippen LogP contribution in [-0.4, -0.2) is 42.0 Å². The van der Waals surface area contributed by atoms with Gasteiger partial charge in [0.15, 0.2) is 6.61 Å². The smallest absolute Gasteiger partial charge is 0.462 e. The molecular formula is C12H8BrF7N2O3. The maximum Gasteiger partial charge on any atom is 0.462 e. The molecule has 5 nitrogen and oxygen atoms in total. The Morgan fingerprint density at radius 2 is 1.84 bits per heavy atom. The van der Waals surface area contributed by atoms with Crippen LogP contribution >= 0.6 is 15.9 Å². The van der Waals surface area contributed by atoms with Gasteiger partial charge in [-0.3, -0.25) is 0 Å². The Morgan fingerprint density at radius 1 is 1.24 bits per heavy atom. The zero-order chi connectivity index (χ0) is 19.5. The topological polar surface area (TPSA) is 70.9 Å². The quantitative estimate of drug-likeness (QED) is 0.294. The van der Waals surface area contributed by atoms with Crippen molar-refractivity contribution in [1.29, 1.82) is 0 Å². The van der Waals surface area contributed by atoms with E-state index in [1.54, 1.807) is 0 Å². The number of carboxylic acid groups (broad SMARTS) is 1. The molecule has 0 fully saturated rings. The third-order valence-electron chi connectivity index (χ3n) is 2.48. The number of alkyl halides is 7. The van der Waals surface area contributed by atoms with Gasteiger partial charge in [0, 0.05) is 0 Å². The predicted octanol–water partition coefficient (Wildman–Crippen LogP) is 3.63. The summed E-state index contributed by atoms with van der Waals surface area (Å²) in [4.78, 5) is 10.4. The predicted molar refractivity (Wildman–Crippen MR) is 74.0 cm³/mol. The van der Waals surface area contributed by atoms with Gasteiger partial charge in [-0.1, -0.05) is 0 Å². The van der Waals surface area contributed by atoms with Gasteiger partial charge in [0.05, 0.1) is 10.7 Å². The van der Waals surface area contributed by atoms with E-state index in [9.17, 15) is 35.5 Å². The summed E-state index contributed by atoms with van der Waals surface area (Å²) in [6.45, 7) is -0.660. The van der Waals surface area contributed by atoms with E-state index >= 15 is 0 Å². The van der Waals surface area contributed by atoms with E-state index in [4.69, 9.17) is 9.84 Å². The van der Waals surface area contributed by atoms with Crippen molar-refractivity contribution >= 4 is 28.1 Å². The van der Waals surface area contributed by atoms with Crippen molar-refractivity contribution in [2.45, 2.75) is 18.1 Å². The minimum atomic E-state index is -6.47. The Hall–Kier alpha value is -2.05. The van der Waals surface area contributed by atoms with Crippen LogP contribution in [0.25, 0.3) is 0 Å². The largest absolute Gasteiger partial charge is 0.481 e. The van der Waals surface area contributed by atoms with Crippen LogP contribution in [0.3, 0.4) is 0 Å². The number of aliphatic carboxylic acids is 1. The molecule has 0 heterocycles. The lowest BCUT2D eigenvalue weighted by Gasteiger charge is -2.27. The zero-order valence-corrected chi connectivity index (χ0v) is 13.3. The summed E-state index contributed by atoms with van der Waals surface area (Å²) in [5, 5.41) is 11.1. The fourth-order valence-electron chi connectivity index (χ4n) is 1.29. The van der Waals surface area contributed by atoms with Crippen LogP contribution in [-0.2, 0) is 4.79 Å². The Bertz CT molecular complexity index is 665. The minimum Gasteiger partial charge on any atom is -0.481 e. The van der Waals surface area contributed by atoms with Gasteiger partial charge in [-0.2, -0.15) is 35.8 Å². The number of hydrogen-bond donors (Lipinski definition) is 2. The van der Waals surface area contributed by atoms with Crippen LogP contribution in [0.2, 0.25) is 0 Å². The molecule has 0 amide bonds. The summed E-state index contributed by atoms with van der Waals surface area (Å²) in [5.41, 5.74) is 0.492. The molecule has 0 radical (unpaired) electrons. The standard InChI is InChI=1S/C12H8BrF7N2O3/c13-7-3-6(1-2-8(7)25-5-9(23)24)4-21-22-12(19,20)10(14,15)11(16,17)18/h1-4,22H,5H2,(H,23,24)/b21-4+. The van der Waals surface area contributed by atoms with Crippen LogP contribution in [0.15, 0.2) is 27.8 Å². The van der Waals surface area contributed by atoms with Crippen molar-refractivity contribution < 1.29 is 45.4 Å². The maximum atomic E-state index is 12.9. The Labute approximate surface area is 143 Å². The minimum absolute atomic E-state index is 0.0215. The molecule has 0 aliphatic heterocycles. The van der Waals surface area contributed by atoms with E-state index in [0.717, 1.165) is 0 Å². The monoisotopic (exact) mass is 440 g/mol. The van der Waals surface area contributed by atoms with Gasteiger partial charge in [0.25, 0.3) is 0 Å². The lowest BCUT2D eigenvalue weighted by molar-refractivity contribution is -0.361. The first-order chi connectivity index (χ1) is 11.3. The lowest BCUT2D eigenvalue weighted by Crippen LogP contribution is -2.58. The molecule has 0 saturated heterocycles. The average Bonchev–Trinajstić information content (AvgIpc) is 2.44. The second kappa shape index (κ2) is 7.45. The molecule has 2 N–H and O–H groups in total. The summed E-state index contributed by atoms with van der Waals surface area (Å²) in [6, 6.07) is -2.10. The van der Waals surface area contributed by atoms with Gasteiger partial charge >= 0.3 is 24.1 Å². The second-order valence-electron chi connectivity index (χ2n) is 4.39. The number of benzene rings is 1. The molecule has 13 heteroatoms. The first kappa shape index (κ1) is 21.0. The van der Waals surface area contributed by atoms with Crippen molar-refractivity contribution in [3.05, 3.63) is 28.2 Å². The molecule has 0 unspecified atom stereocenters. The van der Waals surface area contributed by atoms with Crippen LogP contribution < -0.4 is 10.2 Å². The molecule has 0 saturated carbocycles. The summed E-state index contributed by atoms with van der Waals surface area (Å²) < 4.78 is 91.9. The van der Waals surface area contributed by atoms with E-state index in [0.29, 0.717) is 11.6 Å². The van der Waals surface area contributed by atoms with E-state index in [1.807, 2.05) is 0 Å². The van der Waals surface area contributed by atoms with Gasteiger partial charge in [-0.15, -0.1) is 0 Å². The molecule has 0 aliphatic rings. The molecule has 0 aromatic heterocycles. The molecule has 0 aliphatic carbocycles. The Morgan fingerprint density at radius 3 is 2.32 bits per heavy atom. The number of halogens is 8. The van der Waals surface area contributed by atoms with Crippen LogP contribution in [0.1, 0.15) is 5.56 Å². The maximum absolute atomic E-state index is 12.9. The molecule has 0 atom stereocenters. The highest BCUT2D eigenvalue weighted by molar-refractivity contribution is 9.10. The number of nitrogens with zero attached hydrogens (tertiary/aromatic N) is 1. The molecule has 0 bridgehead atoms. The highest BCUT2D eigenvalue weighted by atomic mass is 79.9. The molecule has 25 heavy (non-hydrogen) atoms. The molecule has 0 spiro atoms. The van der Waals surface area contributed by atoms with Crippen molar-refractivity contribution in [3.8, 4) is 5.75 Å². The summed E-state index contributed by atoms with van der Waals surface area (Å²) in [6.07, 6.45) is -5.91. The molecule has 140 valence electrons. The number of carboxylic acids is 1. The molecular weight excluding hydrogens is 433 g/mol. The third-order valence-corrected chi connectivity index (χ3v) is 3.10. The van der Waals surface area contributed by atoms with Crippen LogP contribution in [0.4, 0.5) is 30.7 Å². The number of hydrogen-bond acceptors (Lipinski definition) is 4. The van der Waals surface area contributed by atoms with Crippen molar-refractivity contribution in [3.63, 3.8) is 0 Å². The number of rotatable bonds is 7. The Kier molecular flexibility index (Phi) is 6.26. The van der Waals surface area contributed by atoms with E-state index in [1.165, 1.54) is 18.2 Å². The van der Waals surface area contributed by atoms with Crippen molar-refractivity contribution in [2.75, 3.05) is 6.61 Å². The normalized spacial score (nSPS) is 13.1. The van der Waals surface area contributed by atoms with Crippen molar-refractivity contribution in [1.82, 2.24) is 5.43 Å². The number of carbonyl (C=O) groups is 1. The molecule has 1 aromatic rings. The number of nitrogens with one attached hydrogen (secondary N) is 1. The molecule has 1 aromatic carbocycles. The fourth-order valence-corrected chi connectivity index (χ4v) is 1.80. The van der Waals surface area contributed by atoms with Gasteiger partial charge in [-0.05, 0) is 39.7 Å². The SMILES string of the molecule is O=C(O)COc1ccc(/C=N/NC(F)(F)C(F)(F)C(F)(F)F)cc1Br. The highest BCUT2D eigenvalue weighted by Gasteiger charge is 2.73. The average molecular weight is 441 g/mol. The third kappa shape index (κ3) is 5.21. The first-order valence-electron chi connectivity index (χ1n) is 6.04. The van der Waals surface area contributed by atoms with Gasteiger partial charge in [-0.25, -0.2) is 10.2 Å². The number of ether oxygens (including phenoxy) is 1. The number of hydrazone groups is 1. The first-order valence-corrected chi connectivity index (χ1v) is 6.84.